The van der Waals surface area contributed by atoms with E-state index in [1.807, 2.05) is 0 Å². The van der Waals surface area contributed by atoms with Gasteiger partial charge in [-0.15, -0.1) is 0 Å². The maximum atomic E-state index is 8.46. The Kier molecular flexibility index (Phi) is 4.22. The highest BCUT2D eigenvalue weighted by molar-refractivity contribution is 5.83. The van der Waals surface area contributed by atoms with E-state index < -0.39 is 0 Å². The van der Waals surface area contributed by atoms with Crippen LogP contribution in [-0.4, -0.2) is 25.1 Å². The van der Waals surface area contributed by atoms with Crippen LogP contribution in [0.4, 0.5) is 0 Å². The molecule has 0 radical (unpaired) electrons. The van der Waals surface area contributed by atoms with Crippen molar-refractivity contribution in [3.8, 4) is 11.5 Å². The first-order chi connectivity index (χ1) is 7.31. The van der Waals surface area contributed by atoms with Gasteiger partial charge in [0, 0.05) is 11.6 Å². The monoisotopic (exact) mass is 207 g/mol. The summed E-state index contributed by atoms with van der Waals surface area (Å²) in [7, 11) is 1.58. The maximum Gasteiger partial charge on any atom is 0.132 e. The van der Waals surface area contributed by atoms with Gasteiger partial charge in [0.25, 0.3) is 0 Å². The van der Waals surface area contributed by atoms with Crippen LogP contribution in [0.5, 0.6) is 11.5 Å². The van der Waals surface area contributed by atoms with Crippen molar-refractivity contribution < 1.29 is 14.7 Å². The molecule has 0 unspecified atom stereocenters. The van der Waals surface area contributed by atoms with E-state index in [9.17, 15) is 0 Å². The normalized spacial score (nSPS) is 10.2. The van der Waals surface area contributed by atoms with Crippen molar-refractivity contribution in [2.24, 2.45) is 5.16 Å². The average molecular weight is 207 g/mol. The molecule has 0 aliphatic heterocycles. The summed E-state index contributed by atoms with van der Waals surface area (Å²) in [5, 5.41) is 11.4. The Morgan fingerprint density at radius 3 is 2.93 bits per heavy atom. The second kappa shape index (κ2) is 5.70. The highest BCUT2D eigenvalue weighted by Crippen LogP contribution is 2.23. The predicted octanol–water partition coefficient (Wildman–Crippen LogP) is 2.07. The number of rotatable bonds is 5. The molecule has 1 rings (SSSR count). The molecule has 4 nitrogen and oxygen atoms in total. The third kappa shape index (κ3) is 3.02. The molecule has 1 N–H and O–H groups in total. The molecule has 80 valence electrons. The van der Waals surface area contributed by atoms with Gasteiger partial charge >= 0.3 is 0 Å². The lowest BCUT2D eigenvalue weighted by atomic mass is 10.2. The average Bonchev–Trinajstić information content (AvgIpc) is 2.28. The minimum atomic E-state index is 0.388. The van der Waals surface area contributed by atoms with Crippen LogP contribution in [-0.2, 0) is 0 Å². The summed E-state index contributed by atoms with van der Waals surface area (Å²) in [6.07, 6.45) is 2.94. The summed E-state index contributed by atoms with van der Waals surface area (Å²) in [4.78, 5) is 0. The molecule has 0 amide bonds. The maximum absolute atomic E-state index is 8.46. The highest BCUT2D eigenvalue weighted by atomic mass is 16.5. The van der Waals surface area contributed by atoms with Crippen LogP contribution in [0.1, 0.15) is 5.56 Å². The van der Waals surface area contributed by atoms with Crippen LogP contribution >= 0.6 is 0 Å². The Labute approximate surface area is 88.4 Å². The van der Waals surface area contributed by atoms with Crippen LogP contribution in [0, 0.1) is 0 Å². The van der Waals surface area contributed by atoms with Gasteiger partial charge in [-0.1, -0.05) is 17.8 Å². The minimum Gasteiger partial charge on any atom is -0.497 e. The fourth-order valence-electron chi connectivity index (χ4n) is 1.08. The van der Waals surface area contributed by atoms with Gasteiger partial charge in [-0.3, -0.25) is 0 Å². The third-order valence-electron chi connectivity index (χ3n) is 1.77. The number of ether oxygens (including phenoxy) is 2. The first-order valence-electron chi connectivity index (χ1n) is 4.41. The quantitative estimate of drug-likeness (QED) is 0.348. The van der Waals surface area contributed by atoms with Crippen molar-refractivity contribution in [2.75, 3.05) is 13.7 Å². The molecule has 0 aromatic heterocycles. The minimum absolute atomic E-state index is 0.388. The van der Waals surface area contributed by atoms with Gasteiger partial charge in [0.05, 0.1) is 13.3 Å². The van der Waals surface area contributed by atoms with Gasteiger partial charge in [-0.2, -0.15) is 0 Å². The summed E-state index contributed by atoms with van der Waals surface area (Å²) in [5.41, 5.74) is 0.681. The molecular formula is C11H13NO3. The van der Waals surface area contributed by atoms with E-state index in [0.29, 0.717) is 23.7 Å². The molecule has 1 aromatic rings. The highest BCUT2D eigenvalue weighted by Gasteiger charge is 2.03. The lowest BCUT2D eigenvalue weighted by molar-refractivity contribution is 0.321. The van der Waals surface area contributed by atoms with Crippen molar-refractivity contribution in [3.63, 3.8) is 0 Å². The molecule has 0 saturated carbocycles. The number of benzene rings is 1. The standard InChI is InChI=1S/C11H13NO3/c1-3-6-15-11-7-10(14-2)5-4-9(11)8-12-13/h3-5,7-8,13H,1,6H2,2H3/b12-8+. The van der Waals surface area contributed by atoms with Crippen LogP contribution in [0.15, 0.2) is 36.0 Å². The third-order valence-corrected chi connectivity index (χ3v) is 1.77. The molecule has 0 spiro atoms. The zero-order valence-electron chi connectivity index (χ0n) is 8.51. The van der Waals surface area contributed by atoms with Crippen LogP contribution in [0.2, 0.25) is 0 Å². The summed E-state index contributed by atoms with van der Waals surface area (Å²) in [5.74, 6) is 1.27. The molecule has 0 aliphatic carbocycles. The summed E-state index contributed by atoms with van der Waals surface area (Å²) in [6, 6.07) is 5.23. The van der Waals surface area contributed by atoms with Gasteiger partial charge in [0.2, 0.25) is 0 Å². The van der Waals surface area contributed by atoms with E-state index in [1.165, 1.54) is 6.21 Å². The van der Waals surface area contributed by atoms with E-state index in [2.05, 4.69) is 11.7 Å². The Hall–Kier alpha value is -1.97. The van der Waals surface area contributed by atoms with E-state index >= 15 is 0 Å². The second-order valence-corrected chi connectivity index (χ2v) is 2.75. The number of hydrogen-bond acceptors (Lipinski definition) is 4. The van der Waals surface area contributed by atoms with Gasteiger partial charge < -0.3 is 14.7 Å². The lowest BCUT2D eigenvalue weighted by Crippen LogP contribution is -1.97. The zero-order valence-corrected chi connectivity index (χ0v) is 8.51. The largest absolute Gasteiger partial charge is 0.497 e. The molecule has 0 saturated heterocycles. The Morgan fingerprint density at radius 1 is 1.53 bits per heavy atom. The van der Waals surface area contributed by atoms with Crippen LogP contribution in [0.25, 0.3) is 0 Å². The Bertz CT molecular complexity index is 361. The number of hydrogen-bond donors (Lipinski definition) is 1. The van der Waals surface area contributed by atoms with Crippen LogP contribution in [0.3, 0.4) is 0 Å². The number of oxime groups is 1. The van der Waals surface area contributed by atoms with Crippen molar-refractivity contribution >= 4 is 6.21 Å². The molecule has 0 bridgehead atoms. The molecular weight excluding hydrogens is 194 g/mol. The lowest BCUT2D eigenvalue weighted by Gasteiger charge is -2.08. The van der Waals surface area contributed by atoms with E-state index in [-0.39, 0.29) is 0 Å². The van der Waals surface area contributed by atoms with E-state index in [1.54, 1.807) is 31.4 Å². The molecule has 0 fully saturated rings. The smallest absolute Gasteiger partial charge is 0.132 e. The van der Waals surface area contributed by atoms with E-state index in [0.717, 1.165) is 0 Å². The fraction of sp³-hybridized carbons (Fsp3) is 0.182. The molecule has 0 heterocycles. The predicted molar refractivity (Wildman–Crippen MR) is 58.1 cm³/mol. The Morgan fingerprint density at radius 2 is 2.33 bits per heavy atom. The molecule has 4 heteroatoms. The zero-order chi connectivity index (χ0) is 11.1. The molecule has 15 heavy (non-hydrogen) atoms. The van der Waals surface area contributed by atoms with Gasteiger partial charge in [0.15, 0.2) is 0 Å². The van der Waals surface area contributed by atoms with Crippen molar-refractivity contribution in [1.29, 1.82) is 0 Å². The summed E-state index contributed by atoms with van der Waals surface area (Å²) < 4.78 is 10.4. The topological polar surface area (TPSA) is 51.0 Å². The van der Waals surface area contributed by atoms with Crippen molar-refractivity contribution in [1.82, 2.24) is 0 Å². The van der Waals surface area contributed by atoms with E-state index in [4.69, 9.17) is 14.7 Å². The first-order valence-corrected chi connectivity index (χ1v) is 4.41. The van der Waals surface area contributed by atoms with Gasteiger partial charge in [-0.25, -0.2) is 0 Å². The summed E-state index contributed by atoms with van der Waals surface area (Å²) >= 11 is 0. The number of nitrogens with zero attached hydrogens (tertiary/aromatic N) is 1. The molecule has 0 atom stereocenters. The van der Waals surface area contributed by atoms with Gasteiger partial charge in [0.1, 0.15) is 18.1 Å². The first kappa shape index (κ1) is 11.1. The van der Waals surface area contributed by atoms with Crippen molar-refractivity contribution in [3.05, 3.63) is 36.4 Å². The molecule has 1 aromatic carbocycles. The molecule has 0 aliphatic rings. The van der Waals surface area contributed by atoms with Crippen LogP contribution < -0.4 is 9.47 Å². The SMILES string of the molecule is C=CCOc1cc(OC)ccc1/C=N/O. The number of methoxy groups -OCH3 is 1. The Balaban J connectivity index is 2.98. The van der Waals surface area contributed by atoms with Gasteiger partial charge in [-0.05, 0) is 12.1 Å². The second-order valence-electron chi connectivity index (χ2n) is 2.75. The van der Waals surface area contributed by atoms with Crippen molar-refractivity contribution in [2.45, 2.75) is 0 Å². The fourth-order valence-corrected chi connectivity index (χ4v) is 1.08. The summed E-state index contributed by atoms with van der Waals surface area (Å²) in [6.45, 7) is 3.94.